The molecule has 1 aromatic rings. The maximum Gasteiger partial charge on any atom is 0.384 e. The molecule has 84 valence electrons. The molecule has 0 fully saturated rings. The van der Waals surface area contributed by atoms with Gasteiger partial charge in [0.2, 0.25) is 0 Å². The highest BCUT2D eigenvalue weighted by Gasteiger charge is 2.06. The summed E-state index contributed by atoms with van der Waals surface area (Å²) in [6.07, 6.45) is 0. The molecule has 0 amide bonds. The molecule has 0 aliphatic carbocycles. The fraction of sp³-hybridized carbons (Fsp3) is 0.182. The van der Waals surface area contributed by atoms with E-state index in [1.807, 2.05) is 5.92 Å². The first-order valence-corrected chi connectivity index (χ1v) is 4.48. The zero-order valence-corrected chi connectivity index (χ0v) is 8.51. The molecular weight excluding hydrogens is 216 g/mol. The van der Waals surface area contributed by atoms with Crippen LogP contribution in [0.4, 0.5) is 14.5 Å². The molecule has 2 N–H and O–H groups in total. The summed E-state index contributed by atoms with van der Waals surface area (Å²) in [5.41, 5.74) is 4.98. The van der Waals surface area contributed by atoms with E-state index in [2.05, 4.69) is 10.7 Å². The van der Waals surface area contributed by atoms with Gasteiger partial charge >= 0.3 is 5.97 Å². The van der Waals surface area contributed by atoms with E-state index in [-0.39, 0.29) is 17.9 Å². The average molecular weight is 225 g/mol. The molecule has 0 radical (unpaired) electrons. The first-order valence-electron chi connectivity index (χ1n) is 4.48. The molecule has 1 aromatic carbocycles. The van der Waals surface area contributed by atoms with Gasteiger partial charge in [-0.05, 0) is 18.9 Å². The molecule has 0 aromatic heterocycles. The zero-order chi connectivity index (χ0) is 12.1. The number of esters is 1. The van der Waals surface area contributed by atoms with Crippen molar-refractivity contribution >= 4 is 11.7 Å². The zero-order valence-electron chi connectivity index (χ0n) is 8.51. The minimum Gasteiger partial charge on any atom is -0.456 e. The molecule has 16 heavy (non-hydrogen) atoms. The molecule has 0 atom stereocenters. The van der Waals surface area contributed by atoms with Crippen LogP contribution in [0.1, 0.15) is 12.5 Å². The molecule has 0 aliphatic heterocycles. The third-order valence-electron chi connectivity index (χ3n) is 1.65. The van der Waals surface area contributed by atoms with Gasteiger partial charge in [-0.25, -0.2) is 13.6 Å². The molecule has 0 aliphatic rings. The second-order valence-electron chi connectivity index (χ2n) is 2.82. The Kier molecular flexibility index (Phi) is 3.84. The van der Waals surface area contributed by atoms with E-state index in [0.717, 1.165) is 6.07 Å². The topological polar surface area (TPSA) is 52.3 Å². The number of anilines is 1. The van der Waals surface area contributed by atoms with E-state index >= 15 is 0 Å². The van der Waals surface area contributed by atoms with Crippen molar-refractivity contribution in [1.82, 2.24) is 0 Å². The molecule has 3 nitrogen and oxygen atoms in total. The monoisotopic (exact) mass is 225 g/mol. The second kappa shape index (κ2) is 5.12. The third-order valence-corrected chi connectivity index (χ3v) is 1.65. The van der Waals surface area contributed by atoms with Gasteiger partial charge in [0.25, 0.3) is 0 Å². The largest absolute Gasteiger partial charge is 0.456 e. The molecule has 1 rings (SSSR count). The minimum atomic E-state index is -0.908. The first kappa shape index (κ1) is 12.0. The molecule has 0 saturated heterocycles. The Labute approximate surface area is 91.2 Å². The van der Waals surface area contributed by atoms with Crippen molar-refractivity contribution in [1.29, 1.82) is 0 Å². The summed E-state index contributed by atoms with van der Waals surface area (Å²) >= 11 is 0. The van der Waals surface area contributed by atoms with Gasteiger partial charge in [-0.3, -0.25) is 0 Å². The van der Waals surface area contributed by atoms with Gasteiger partial charge in [0.1, 0.15) is 11.6 Å². The van der Waals surface area contributed by atoms with Gasteiger partial charge in [-0.15, -0.1) is 0 Å². The van der Waals surface area contributed by atoms with Crippen LogP contribution in [0.3, 0.4) is 0 Å². The number of ether oxygens (including phenoxy) is 1. The van der Waals surface area contributed by atoms with Crippen molar-refractivity contribution < 1.29 is 18.3 Å². The fourth-order valence-electron chi connectivity index (χ4n) is 1.01. The summed E-state index contributed by atoms with van der Waals surface area (Å²) in [5.74, 6) is 1.76. The highest BCUT2D eigenvalue weighted by Crippen LogP contribution is 2.16. The van der Waals surface area contributed by atoms with Crippen LogP contribution in [-0.4, -0.2) is 12.6 Å². The molecule has 0 bridgehead atoms. The summed E-state index contributed by atoms with van der Waals surface area (Å²) in [6.45, 7) is 1.79. The smallest absolute Gasteiger partial charge is 0.384 e. The first-order chi connectivity index (χ1) is 7.54. The molecule has 0 spiro atoms. The van der Waals surface area contributed by atoms with Gasteiger partial charge in [0.05, 0.1) is 17.9 Å². The maximum absolute atomic E-state index is 13.2. The van der Waals surface area contributed by atoms with Crippen LogP contribution in [0.5, 0.6) is 0 Å². The van der Waals surface area contributed by atoms with Crippen LogP contribution in [0.2, 0.25) is 0 Å². The van der Waals surface area contributed by atoms with Crippen molar-refractivity contribution in [3.8, 4) is 11.8 Å². The summed E-state index contributed by atoms with van der Waals surface area (Å²) in [4.78, 5) is 10.9. The Morgan fingerprint density at radius 2 is 2.19 bits per heavy atom. The minimum absolute atomic E-state index is 0.158. The highest BCUT2D eigenvalue weighted by atomic mass is 19.1. The number of hydrogen-bond donors (Lipinski definition) is 1. The van der Waals surface area contributed by atoms with E-state index in [0.29, 0.717) is 6.07 Å². The van der Waals surface area contributed by atoms with Crippen LogP contribution in [0.15, 0.2) is 12.1 Å². The Balaban J connectivity index is 3.01. The van der Waals surface area contributed by atoms with Gasteiger partial charge in [-0.1, -0.05) is 0 Å². The molecule has 0 heterocycles. The van der Waals surface area contributed by atoms with Gasteiger partial charge in [0.15, 0.2) is 0 Å². The van der Waals surface area contributed by atoms with Crippen molar-refractivity contribution in [3.63, 3.8) is 0 Å². The Hall–Kier alpha value is -2.09. The van der Waals surface area contributed by atoms with Crippen LogP contribution < -0.4 is 5.73 Å². The number of rotatable bonds is 1. The summed E-state index contributed by atoms with van der Waals surface area (Å²) in [7, 11) is 0. The van der Waals surface area contributed by atoms with E-state index in [1.54, 1.807) is 6.92 Å². The fourth-order valence-corrected chi connectivity index (χ4v) is 1.01. The highest BCUT2D eigenvalue weighted by molar-refractivity contribution is 5.89. The summed E-state index contributed by atoms with van der Waals surface area (Å²) in [6, 6.07) is 1.57. The number of carbonyl (C=O) groups is 1. The lowest BCUT2D eigenvalue weighted by atomic mass is 10.1. The lowest BCUT2D eigenvalue weighted by molar-refractivity contribution is -0.136. The molecule has 0 saturated carbocycles. The van der Waals surface area contributed by atoms with Crippen LogP contribution in [0, 0.1) is 23.5 Å². The van der Waals surface area contributed by atoms with Crippen molar-refractivity contribution in [2.24, 2.45) is 0 Å². The summed E-state index contributed by atoms with van der Waals surface area (Å²) in [5, 5.41) is 0. The Morgan fingerprint density at radius 1 is 1.50 bits per heavy atom. The number of hydrogen-bond acceptors (Lipinski definition) is 3. The molecule has 0 unspecified atom stereocenters. The van der Waals surface area contributed by atoms with E-state index in [9.17, 15) is 13.6 Å². The SMILES string of the molecule is CCOC(=O)C#Cc1c(N)cc(F)cc1F. The van der Waals surface area contributed by atoms with Crippen molar-refractivity contribution in [2.45, 2.75) is 6.92 Å². The average Bonchev–Trinajstić information content (AvgIpc) is 2.16. The van der Waals surface area contributed by atoms with Crippen LogP contribution in [-0.2, 0) is 9.53 Å². The van der Waals surface area contributed by atoms with Crippen molar-refractivity contribution in [3.05, 3.63) is 29.3 Å². The van der Waals surface area contributed by atoms with E-state index in [1.165, 1.54) is 0 Å². The third kappa shape index (κ3) is 2.95. The van der Waals surface area contributed by atoms with Crippen LogP contribution in [0.25, 0.3) is 0 Å². The second-order valence-corrected chi connectivity index (χ2v) is 2.82. The number of nitrogens with two attached hydrogens (primary N) is 1. The number of carbonyl (C=O) groups excluding carboxylic acids is 1. The molecule has 5 heteroatoms. The summed E-state index contributed by atoms with van der Waals surface area (Å²) < 4.78 is 30.4. The number of nitrogen functional groups attached to an aromatic ring is 1. The van der Waals surface area contributed by atoms with Gasteiger partial charge in [0, 0.05) is 12.0 Å². The van der Waals surface area contributed by atoms with Gasteiger partial charge < -0.3 is 10.5 Å². The lowest BCUT2D eigenvalue weighted by Crippen LogP contribution is -2.01. The predicted molar refractivity (Wildman–Crippen MR) is 54.3 cm³/mol. The number of halogens is 2. The Morgan fingerprint density at radius 3 is 2.75 bits per heavy atom. The van der Waals surface area contributed by atoms with Crippen LogP contribution >= 0.6 is 0 Å². The van der Waals surface area contributed by atoms with Crippen molar-refractivity contribution in [2.75, 3.05) is 12.3 Å². The Bertz CT molecular complexity index is 452. The number of benzene rings is 1. The van der Waals surface area contributed by atoms with Gasteiger partial charge in [-0.2, -0.15) is 0 Å². The van der Waals surface area contributed by atoms with E-state index < -0.39 is 17.6 Å². The quantitative estimate of drug-likeness (QED) is 0.447. The van der Waals surface area contributed by atoms with E-state index in [4.69, 9.17) is 5.73 Å². The maximum atomic E-state index is 13.2. The predicted octanol–water partition coefficient (Wildman–Crippen LogP) is 1.46. The standard InChI is InChI=1S/C11H9F2NO2/c1-2-16-11(15)4-3-8-9(13)5-7(12)6-10(8)14/h5-6H,2,14H2,1H3. The lowest BCUT2D eigenvalue weighted by Gasteiger charge is -1.99. The molecular formula is C11H9F2NO2. The normalized spacial score (nSPS) is 9.19.